The molecule has 2 rings (SSSR count). The highest BCUT2D eigenvalue weighted by Gasteiger charge is 2.14. The molecule has 0 saturated carbocycles. The van der Waals surface area contributed by atoms with Gasteiger partial charge in [-0.15, -0.1) is 0 Å². The first kappa shape index (κ1) is 13.5. The van der Waals surface area contributed by atoms with Crippen molar-refractivity contribution in [2.24, 2.45) is 11.7 Å². The van der Waals surface area contributed by atoms with E-state index >= 15 is 0 Å². The number of rotatable bonds is 5. The second-order valence-corrected chi connectivity index (χ2v) is 5.09. The fourth-order valence-corrected chi connectivity index (χ4v) is 2.14. The third-order valence-electron chi connectivity index (χ3n) is 3.06. The molecule has 0 amide bonds. The number of methoxy groups -OCH3 is 1. The van der Waals surface area contributed by atoms with Gasteiger partial charge in [-0.05, 0) is 18.4 Å². The number of fused-ring (bicyclic) bond motifs is 1. The van der Waals surface area contributed by atoms with Gasteiger partial charge in [-0.3, -0.25) is 4.79 Å². The summed E-state index contributed by atoms with van der Waals surface area (Å²) < 4.78 is 5.16. The molecule has 0 bridgehead atoms. The summed E-state index contributed by atoms with van der Waals surface area (Å²) in [6.45, 7) is 4.24. The summed E-state index contributed by atoms with van der Waals surface area (Å²) in [6.07, 6.45) is 1.63. The number of H-pyrrole nitrogens is 1. The molecule has 0 aliphatic rings. The molecular weight excluding hydrogens is 242 g/mol. The second-order valence-electron chi connectivity index (χ2n) is 5.09. The summed E-state index contributed by atoms with van der Waals surface area (Å²) in [6, 6.07) is 3.36. The first-order chi connectivity index (χ1) is 9.05. The highest BCUT2D eigenvalue weighted by Crippen LogP contribution is 2.25. The van der Waals surface area contributed by atoms with Gasteiger partial charge in [-0.25, -0.2) is 4.98 Å². The van der Waals surface area contributed by atoms with Gasteiger partial charge in [0.1, 0.15) is 11.6 Å². The van der Waals surface area contributed by atoms with Gasteiger partial charge in [0.05, 0.1) is 29.7 Å². The predicted molar refractivity (Wildman–Crippen MR) is 74.4 cm³/mol. The van der Waals surface area contributed by atoms with E-state index in [1.54, 1.807) is 12.1 Å². The van der Waals surface area contributed by atoms with Crippen molar-refractivity contribution < 1.29 is 9.53 Å². The summed E-state index contributed by atoms with van der Waals surface area (Å²) in [4.78, 5) is 18.6. The van der Waals surface area contributed by atoms with Crippen LogP contribution in [0.1, 0.15) is 42.5 Å². The highest BCUT2D eigenvalue weighted by molar-refractivity contribution is 5.88. The van der Waals surface area contributed by atoms with Gasteiger partial charge in [0.2, 0.25) is 0 Å². The number of nitrogens with two attached hydrogens (primary N) is 1. The van der Waals surface area contributed by atoms with Gasteiger partial charge in [0.25, 0.3) is 0 Å². The van der Waals surface area contributed by atoms with E-state index in [1.165, 1.54) is 7.11 Å². The number of aromatic amines is 1. The summed E-state index contributed by atoms with van der Waals surface area (Å²) >= 11 is 0. The summed E-state index contributed by atoms with van der Waals surface area (Å²) in [5.74, 6) is 1.77. The maximum Gasteiger partial charge on any atom is 0.153 e. The number of benzene rings is 1. The lowest BCUT2D eigenvalue weighted by atomic mass is 10.0. The van der Waals surface area contributed by atoms with Gasteiger partial charge in [-0.2, -0.15) is 0 Å². The molecule has 0 fully saturated rings. The lowest BCUT2D eigenvalue weighted by Crippen LogP contribution is -2.14. The molecule has 1 atom stereocenters. The number of hydrogen-bond donors (Lipinski definition) is 2. The molecule has 3 N–H and O–H groups in total. The first-order valence-electron chi connectivity index (χ1n) is 6.33. The standard InChI is InChI=1S/C14H19N3O2/c1-8(2)4-10(15)14-16-11-5-9(7-18)13(19-3)6-12(11)17-14/h5-8,10H,4,15H2,1-3H3,(H,16,17). The molecule has 0 aliphatic carbocycles. The molecule has 0 radical (unpaired) electrons. The number of carbonyl (C=O) groups excluding carboxylic acids is 1. The average molecular weight is 261 g/mol. The Balaban J connectivity index is 2.42. The monoisotopic (exact) mass is 261 g/mol. The third kappa shape index (κ3) is 2.76. The van der Waals surface area contributed by atoms with Crippen LogP contribution in [-0.2, 0) is 0 Å². The number of ether oxygens (including phenoxy) is 1. The first-order valence-corrected chi connectivity index (χ1v) is 6.33. The lowest BCUT2D eigenvalue weighted by molar-refractivity contribution is 0.112. The molecule has 1 aromatic carbocycles. The quantitative estimate of drug-likeness (QED) is 0.810. The molecule has 0 spiro atoms. The fraction of sp³-hybridized carbons (Fsp3) is 0.429. The number of carbonyl (C=O) groups is 1. The van der Waals surface area contributed by atoms with Crippen LogP contribution in [0.15, 0.2) is 12.1 Å². The molecular formula is C14H19N3O2. The van der Waals surface area contributed by atoms with E-state index in [1.807, 2.05) is 0 Å². The number of nitrogens with zero attached hydrogens (tertiary/aromatic N) is 1. The van der Waals surface area contributed by atoms with Crippen LogP contribution in [0.3, 0.4) is 0 Å². The van der Waals surface area contributed by atoms with Crippen molar-refractivity contribution in [3.63, 3.8) is 0 Å². The minimum atomic E-state index is -0.127. The van der Waals surface area contributed by atoms with Gasteiger partial charge in [0.15, 0.2) is 6.29 Å². The molecule has 1 heterocycles. The third-order valence-corrected chi connectivity index (χ3v) is 3.06. The Hall–Kier alpha value is -1.88. The summed E-state index contributed by atoms with van der Waals surface area (Å²) in [7, 11) is 1.53. The zero-order valence-corrected chi connectivity index (χ0v) is 11.4. The molecule has 0 aliphatic heterocycles. The van der Waals surface area contributed by atoms with E-state index in [0.717, 1.165) is 29.6 Å². The Morgan fingerprint density at radius 1 is 1.47 bits per heavy atom. The van der Waals surface area contributed by atoms with Crippen LogP contribution in [0.2, 0.25) is 0 Å². The summed E-state index contributed by atoms with van der Waals surface area (Å²) in [5.41, 5.74) is 8.17. The number of imidazole rings is 1. The van der Waals surface area contributed by atoms with Crippen LogP contribution < -0.4 is 10.5 Å². The largest absolute Gasteiger partial charge is 0.496 e. The average Bonchev–Trinajstić information content (AvgIpc) is 2.78. The zero-order chi connectivity index (χ0) is 14.0. The predicted octanol–water partition coefficient (Wildman–Crippen LogP) is 2.43. The van der Waals surface area contributed by atoms with Crippen molar-refractivity contribution in [1.82, 2.24) is 9.97 Å². The minimum Gasteiger partial charge on any atom is -0.496 e. The maximum atomic E-state index is 11.0. The van der Waals surface area contributed by atoms with E-state index in [4.69, 9.17) is 10.5 Å². The Bertz CT molecular complexity index is 590. The van der Waals surface area contributed by atoms with Crippen LogP contribution in [0.4, 0.5) is 0 Å². The Kier molecular flexibility index (Phi) is 3.85. The highest BCUT2D eigenvalue weighted by atomic mass is 16.5. The molecule has 2 aromatic rings. The fourth-order valence-electron chi connectivity index (χ4n) is 2.14. The lowest BCUT2D eigenvalue weighted by Gasteiger charge is -2.10. The normalized spacial score (nSPS) is 12.9. The number of hydrogen-bond acceptors (Lipinski definition) is 4. The van der Waals surface area contributed by atoms with Crippen molar-refractivity contribution in [3.05, 3.63) is 23.5 Å². The minimum absolute atomic E-state index is 0.127. The maximum absolute atomic E-state index is 11.0. The molecule has 0 saturated heterocycles. The van der Waals surface area contributed by atoms with Gasteiger partial charge in [0, 0.05) is 6.07 Å². The van der Waals surface area contributed by atoms with Crippen molar-refractivity contribution in [2.45, 2.75) is 26.3 Å². The number of aromatic nitrogens is 2. The van der Waals surface area contributed by atoms with Crippen LogP contribution in [0, 0.1) is 5.92 Å². The number of nitrogens with one attached hydrogen (secondary N) is 1. The van der Waals surface area contributed by atoms with Crippen LogP contribution >= 0.6 is 0 Å². The summed E-state index contributed by atoms with van der Waals surface area (Å²) in [5, 5.41) is 0. The molecule has 19 heavy (non-hydrogen) atoms. The van der Waals surface area contributed by atoms with Gasteiger partial charge in [-0.1, -0.05) is 13.8 Å². The number of aldehydes is 1. The van der Waals surface area contributed by atoms with Crippen LogP contribution in [0.25, 0.3) is 11.0 Å². The second kappa shape index (κ2) is 5.40. The van der Waals surface area contributed by atoms with Crippen molar-refractivity contribution in [2.75, 3.05) is 7.11 Å². The Morgan fingerprint density at radius 2 is 2.21 bits per heavy atom. The van der Waals surface area contributed by atoms with E-state index < -0.39 is 0 Å². The topological polar surface area (TPSA) is 81.0 Å². The molecule has 5 nitrogen and oxygen atoms in total. The van der Waals surface area contributed by atoms with E-state index in [9.17, 15) is 4.79 Å². The van der Waals surface area contributed by atoms with Gasteiger partial charge < -0.3 is 15.5 Å². The van der Waals surface area contributed by atoms with E-state index in [0.29, 0.717) is 17.2 Å². The molecule has 1 aromatic heterocycles. The van der Waals surface area contributed by atoms with Crippen molar-refractivity contribution >= 4 is 17.3 Å². The SMILES string of the molecule is COc1cc2nc(C(N)CC(C)C)[nH]c2cc1C=O. The smallest absolute Gasteiger partial charge is 0.153 e. The Labute approximate surface area is 112 Å². The molecule has 1 unspecified atom stereocenters. The molecule has 5 heteroatoms. The van der Waals surface area contributed by atoms with Crippen LogP contribution in [-0.4, -0.2) is 23.4 Å². The van der Waals surface area contributed by atoms with Gasteiger partial charge >= 0.3 is 0 Å². The van der Waals surface area contributed by atoms with Crippen molar-refractivity contribution in [3.8, 4) is 5.75 Å². The Morgan fingerprint density at radius 3 is 2.79 bits per heavy atom. The van der Waals surface area contributed by atoms with Crippen LogP contribution in [0.5, 0.6) is 5.75 Å². The van der Waals surface area contributed by atoms with E-state index in [-0.39, 0.29) is 6.04 Å². The van der Waals surface area contributed by atoms with E-state index in [2.05, 4.69) is 23.8 Å². The van der Waals surface area contributed by atoms with Crippen molar-refractivity contribution in [1.29, 1.82) is 0 Å². The zero-order valence-electron chi connectivity index (χ0n) is 11.4. The molecule has 102 valence electrons.